The summed E-state index contributed by atoms with van der Waals surface area (Å²) in [5.41, 5.74) is 0.708. The fraction of sp³-hybridized carbons (Fsp3) is 0.200. The third-order valence-electron chi connectivity index (χ3n) is 3.83. The molecule has 2 rings (SSSR count). The van der Waals surface area contributed by atoms with E-state index >= 15 is 0 Å². The van der Waals surface area contributed by atoms with Crippen molar-refractivity contribution >= 4 is 29.4 Å². The molecule has 0 saturated heterocycles. The molecular weight excluding hydrogens is 419 g/mol. The van der Waals surface area contributed by atoms with Gasteiger partial charge in [0.2, 0.25) is 5.91 Å². The molecule has 31 heavy (non-hydrogen) atoms. The number of ether oxygens (including phenoxy) is 1. The van der Waals surface area contributed by atoms with Crippen molar-refractivity contribution in [3.05, 3.63) is 65.0 Å². The van der Waals surface area contributed by atoms with E-state index in [0.29, 0.717) is 11.6 Å². The number of aryl methyl sites for hydroxylation is 1. The number of halogens is 3. The van der Waals surface area contributed by atoms with E-state index in [4.69, 9.17) is 0 Å². The van der Waals surface area contributed by atoms with Crippen LogP contribution in [0.2, 0.25) is 0 Å². The maximum atomic E-state index is 13.5. The van der Waals surface area contributed by atoms with Gasteiger partial charge in [-0.1, -0.05) is 17.7 Å². The molecule has 0 fully saturated rings. The van der Waals surface area contributed by atoms with Crippen molar-refractivity contribution < 1.29 is 37.1 Å². The van der Waals surface area contributed by atoms with E-state index < -0.39 is 66.5 Å². The Morgan fingerprint density at radius 3 is 2.19 bits per heavy atom. The van der Waals surface area contributed by atoms with Crippen LogP contribution in [0.1, 0.15) is 15.9 Å². The maximum absolute atomic E-state index is 13.5. The van der Waals surface area contributed by atoms with Gasteiger partial charge in [-0.3, -0.25) is 19.2 Å². The molecule has 0 aliphatic heterocycles. The van der Waals surface area contributed by atoms with Gasteiger partial charge in [0.15, 0.2) is 24.1 Å². The largest absolute Gasteiger partial charge is 0.454 e. The number of hydrogen-bond acceptors (Lipinski definition) is 5. The number of carbonyl (C=O) groups excluding carboxylic acids is 4. The molecule has 0 radical (unpaired) electrons. The van der Waals surface area contributed by atoms with Crippen LogP contribution < -0.4 is 16.0 Å². The lowest BCUT2D eigenvalue weighted by Crippen LogP contribution is -2.37. The van der Waals surface area contributed by atoms with Gasteiger partial charge in [0.05, 0.1) is 12.2 Å². The Morgan fingerprint density at radius 2 is 1.52 bits per heavy atom. The van der Waals surface area contributed by atoms with E-state index in [0.717, 1.165) is 11.6 Å². The van der Waals surface area contributed by atoms with Crippen LogP contribution in [0.5, 0.6) is 0 Å². The number of hydrogen-bond donors (Lipinski definition) is 3. The van der Waals surface area contributed by atoms with Crippen molar-refractivity contribution in [3.8, 4) is 0 Å². The smallest absolute Gasteiger partial charge is 0.325 e. The minimum absolute atomic E-state index is 0.347. The predicted molar refractivity (Wildman–Crippen MR) is 102 cm³/mol. The zero-order valence-corrected chi connectivity index (χ0v) is 16.3. The number of esters is 1. The average Bonchev–Trinajstić information content (AvgIpc) is 2.75. The predicted octanol–water partition coefficient (Wildman–Crippen LogP) is 1.44. The molecule has 0 atom stereocenters. The lowest BCUT2D eigenvalue weighted by atomic mass is 10.1. The van der Waals surface area contributed by atoms with Crippen LogP contribution in [0.25, 0.3) is 0 Å². The van der Waals surface area contributed by atoms with E-state index in [1.54, 1.807) is 24.3 Å². The fourth-order valence-electron chi connectivity index (χ4n) is 2.20. The zero-order valence-electron chi connectivity index (χ0n) is 16.3. The topological polar surface area (TPSA) is 114 Å². The van der Waals surface area contributed by atoms with Crippen molar-refractivity contribution in [3.63, 3.8) is 0 Å². The summed E-state index contributed by atoms with van der Waals surface area (Å²) < 4.78 is 44.1. The van der Waals surface area contributed by atoms with E-state index in [2.05, 4.69) is 15.4 Å². The van der Waals surface area contributed by atoms with Gasteiger partial charge in [-0.15, -0.1) is 0 Å². The van der Waals surface area contributed by atoms with Crippen LogP contribution in [0.3, 0.4) is 0 Å². The second-order valence-corrected chi connectivity index (χ2v) is 6.26. The fourth-order valence-corrected chi connectivity index (χ4v) is 2.20. The van der Waals surface area contributed by atoms with Crippen LogP contribution in [0.4, 0.5) is 18.9 Å². The van der Waals surface area contributed by atoms with Gasteiger partial charge in [-0.2, -0.15) is 0 Å². The summed E-state index contributed by atoms with van der Waals surface area (Å²) in [6, 6.07) is 8.08. The Balaban J connectivity index is 1.68. The van der Waals surface area contributed by atoms with Crippen LogP contribution in [-0.2, 0) is 19.1 Å². The third-order valence-corrected chi connectivity index (χ3v) is 3.83. The molecule has 0 bridgehead atoms. The standard InChI is InChI=1S/C20H18F3N3O5/c1-11-2-4-12(5-3-11)20(30)25-9-17(29)31-10-16(28)24-8-15(27)26-14-7-6-13(21)18(22)19(14)23/h2-7H,8-10H2,1H3,(H,24,28)(H,25,30)(H,26,27). The molecular formula is C20H18F3N3O5. The van der Waals surface area contributed by atoms with Gasteiger partial charge in [-0.25, -0.2) is 13.2 Å². The quantitative estimate of drug-likeness (QED) is 0.427. The number of anilines is 1. The van der Waals surface area contributed by atoms with Crippen molar-refractivity contribution in [1.29, 1.82) is 0 Å². The molecule has 0 aromatic heterocycles. The molecule has 0 saturated carbocycles. The summed E-state index contributed by atoms with van der Waals surface area (Å²) in [5, 5.41) is 6.38. The van der Waals surface area contributed by atoms with E-state index in [1.807, 2.05) is 12.2 Å². The molecule has 0 unspecified atom stereocenters. The number of amides is 3. The van der Waals surface area contributed by atoms with Gasteiger partial charge in [-0.05, 0) is 31.2 Å². The average molecular weight is 437 g/mol. The second kappa shape index (κ2) is 10.8. The highest BCUT2D eigenvalue weighted by molar-refractivity contribution is 5.96. The number of nitrogens with one attached hydrogen (secondary N) is 3. The molecule has 8 nitrogen and oxygen atoms in total. The number of benzene rings is 2. The molecule has 2 aromatic carbocycles. The normalized spacial score (nSPS) is 10.2. The van der Waals surface area contributed by atoms with E-state index in [1.165, 1.54) is 0 Å². The maximum Gasteiger partial charge on any atom is 0.325 e. The van der Waals surface area contributed by atoms with Gasteiger partial charge in [0, 0.05) is 5.56 Å². The number of carbonyl (C=O) groups is 4. The first-order chi connectivity index (χ1) is 14.7. The summed E-state index contributed by atoms with van der Waals surface area (Å²) in [5.74, 6) is -7.90. The molecule has 3 N–H and O–H groups in total. The van der Waals surface area contributed by atoms with Crippen LogP contribution in [-0.4, -0.2) is 43.4 Å². The Hall–Kier alpha value is -3.89. The SMILES string of the molecule is Cc1ccc(C(=O)NCC(=O)OCC(=O)NCC(=O)Nc2ccc(F)c(F)c2F)cc1. The Labute approximate surface area is 174 Å². The summed E-state index contributed by atoms with van der Waals surface area (Å²) in [6.45, 7) is 0.00946. The molecule has 0 aliphatic carbocycles. The second-order valence-electron chi connectivity index (χ2n) is 6.26. The van der Waals surface area contributed by atoms with Crippen LogP contribution in [0, 0.1) is 24.4 Å². The summed E-state index contributed by atoms with van der Waals surface area (Å²) in [4.78, 5) is 46.8. The summed E-state index contributed by atoms with van der Waals surface area (Å²) in [7, 11) is 0. The molecule has 0 heterocycles. The minimum Gasteiger partial charge on any atom is -0.454 e. The first-order valence-electron chi connectivity index (χ1n) is 8.88. The summed E-state index contributed by atoms with van der Waals surface area (Å²) in [6.07, 6.45) is 0. The molecule has 164 valence electrons. The van der Waals surface area contributed by atoms with Gasteiger partial charge >= 0.3 is 5.97 Å². The highest BCUT2D eigenvalue weighted by atomic mass is 19.2. The first kappa shape index (κ1) is 23.4. The number of rotatable bonds is 8. The lowest BCUT2D eigenvalue weighted by Gasteiger charge is -2.09. The van der Waals surface area contributed by atoms with Crippen LogP contribution >= 0.6 is 0 Å². The van der Waals surface area contributed by atoms with E-state index in [9.17, 15) is 32.3 Å². The van der Waals surface area contributed by atoms with Crippen molar-refractivity contribution in [1.82, 2.24) is 10.6 Å². The zero-order chi connectivity index (χ0) is 23.0. The van der Waals surface area contributed by atoms with Crippen LogP contribution in [0.15, 0.2) is 36.4 Å². The van der Waals surface area contributed by atoms with Crippen molar-refractivity contribution in [2.24, 2.45) is 0 Å². The Bertz CT molecular complexity index is 996. The minimum atomic E-state index is -1.75. The van der Waals surface area contributed by atoms with Gasteiger partial charge in [0.1, 0.15) is 6.54 Å². The van der Waals surface area contributed by atoms with Crippen molar-refractivity contribution in [2.45, 2.75) is 6.92 Å². The van der Waals surface area contributed by atoms with E-state index in [-0.39, 0.29) is 0 Å². The molecule has 2 aromatic rings. The van der Waals surface area contributed by atoms with Crippen molar-refractivity contribution in [2.75, 3.05) is 25.0 Å². The third kappa shape index (κ3) is 7.14. The highest BCUT2D eigenvalue weighted by Crippen LogP contribution is 2.19. The Kier molecular flexibility index (Phi) is 8.12. The lowest BCUT2D eigenvalue weighted by molar-refractivity contribution is -0.147. The van der Waals surface area contributed by atoms with Gasteiger partial charge in [0.25, 0.3) is 11.8 Å². The monoisotopic (exact) mass is 437 g/mol. The molecule has 0 spiro atoms. The molecule has 3 amide bonds. The molecule has 11 heteroatoms. The summed E-state index contributed by atoms with van der Waals surface area (Å²) >= 11 is 0. The Morgan fingerprint density at radius 1 is 0.839 bits per heavy atom. The highest BCUT2D eigenvalue weighted by Gasteiger charge is 2.16. The van der Waals surface area contributed by atoms with Gasteiger partial charge < -0.3 is 20.7 Å². The first-order valence-corrected chi connectivity index (χ1v) is 8.88. The molecule has 0 aliphatic rings.